The van der Waals surface area contributed by atoms with Crippen molar-refractivity contribution in [2.75, 3.05) is 0 Å². The summed E-state index contributed by atoms with van der Waals surface area (Å²) in [6.07, 6.45) is 5.13. The van der Waals surface area contributed by atoms with E-state index in [1.807, 2.05) is 6.92 Å². The number of aryl methyl sites for hydroxylation is 1. The smallest absolute Gasteiger partial charge is 0.147 e. The third-order valence-corrected chi connectivity index (χ3v) is 2.71. The maximum Gasteiger partial charge on any atom is 0.147 e. The standard InChI is InChI=1S/C13H15FN4/c1-2-3-12-17-6-7-18(12)11-5-4-9(13(15)16)8-10(11)14/h4-8H,2-3H2,1H3,(H3,15,16). The predicted octanol–water partition coefficient (Wildman–Crippen LogP) is 2.25. The minimum absolute atomic E-state index is 0.139. The molecule has 0 bridgehead atoms. The van der Waals surface area contributed by atoms with Crippen LogP contribution < -0.4 is 5.73 Å². The van der Waals surface area contributed by atoms with Crippen molar-refractivity contribution in [3.8, 4) is 5.69 Å². The molecule has 0 radical (unpaired) electrons. The third kappa shape index (κ3) is 2.25. The Morgan fingerprint density at radius 3 is 2.89 bits per heavy atom. The van der Waals surface area contributed by atoms with E-state index in [1.165, 1.54) is 6.07 Å². The van der Waals surface area contributed by atoms with E-state index < -0.39 is 5.82 Å². The quantitative estimate of drug-likeness (QED) is 0.641. The van der Waals surface area contributed by atoms with E-state index in [-0.39, 0.29) is 5.84 Å². The fourth-order valence-electron chi connectivity index (χ4n) is 1.83. The number of nitrogens with zero attached hydrogens (tertiary/aromatic N) is 2. The highest BCUT2D eigenvalue weighted by atomic mass is 19.1. The molecule has 0 amide bonds. The Kier molecular flexibility index (Phi) is 3.41. The molecule has 94 valence electrons. The molecule has 18 heavy (non-hydrogen) atoms. The Balaban J connectivity index is 2.44. The van der Waals surface area contributed by atoms with Gasteiger partial charge in [0.15, 0.2) is 0 Å². The summed E-state index contributed by atoms with van der Waals surface area (Å²) in [5.74, 6) is 0.282. The van der Waals surface area contributed by atoms with Crippen molar-refractivity contribution in [1.82, 2.24) is 9.55 Å². The topological polar surface area (TPSA) is 67.7 Å². The molecule has 5 heteroatoms. The van der Waals surface area contributed by atoms with Crippen LogP contribution in [0, 0.1) is 11.2 Å². The van der Waals surface area contributed by atoms with Gasteiger partial charge in [0, 0.05) is 24.4 Å². The molecule has 0 unspecified atom stereocenters. The summed E-state index contributed by atoms with van der Waals surface area (Å²) in [4.78, 5) is 4.21. The van der Waals surface area contributed by atoms with Crippen LogP contribution in [0.3, 0.4) is 0 Å². The lowest BCUT2D eigenvalue weighted by Gasteiger charge is -2.09. The zero-order valence-electron chi connectivity index (χ0n) is 10.2. The van der Waals surface area contributed by atoms with Gasteiger partial charge in [0.25, 0.3) is 0 Å². The van der Waals surface area contributed by atoms with E-state index in [0.29, 0.717) is 11.3 Å². The first-order valence-electron chi connectivity index (χ1n) is 5.80. The molecular formula is C13H15FN4. The fraction of sp³-hybridized carbons (Fsp3) is 0.231. The van der Waals surface area contributed by atoms with Crippen LogP contribution in [0.5, 0.6) is 0 Å². The first-order valence-corrected chi connectivity index (χ1v) is 5.80. The van der Waals surface area contributed by atoms with Gasteiger partial charge in [0.1, 0.15) is 17.5 Å². The molecule has 0 aliphatic rings. The van der Waals surface area contributed by atoms with Crippen LogP contribution in [0.2, 0.25) is 0 Å². The average Bonchev–Trinajstić information content (AvgIpc) is 2.77. The Labute approximate surface area is 105 Å². The second-order valence-electron chi connectivity index (χ2n) is 4.04. The lowest BCUT2D eigenvalue weighted by molar-refractivity contribution is 0.614. The van der Waals surface area contributed by atoms with Gasteiger partial charge in [-0.3, -0.25) is 5.41 Å². The summed E-state index contributed by atoms with van der Waals surface area (Å²) in [7, 11) is 0. The molecule has 0 spiro atoms. The number of benzene rings is 1. The van der Waals surface area contributed by atoms with Crippen molar-refractivity contribution in [2.24, 2.45) is 5.73 Å². The first kappa shape index (κ1) is 12.3. The Bertz CT molecular complexity index is 574. The van der Waals surface area contributed by atoms with Gasteiger partial charge in [0.2, 0.25) is 0 Å². The molecule has 2 aromatic rings. The summed E-state index contributed by atoms with van der Waals surface area (Å²) in [6, 6.07) is 4.52. The van der Waals surface area contributed by atoms with Crippen molar-refractivity contribution in [3.05, 3.63) is 47.8 Å². The van der Waals surface area contributed by atoms with Crippen molar-refractivity contribution in [2.45, 2.75) is 19.8 Å². The van der Waals surface area contributed by atoms with Crippen LogP contribution in [0.15, 0.2) is 30.6 Å². The van der Waals surface area contributed by atoms with Crippen molar-refractivity contribution < 1.29 is 4.39 Å². The van der Waals surface area contributed by atoms with Gasteiger partial charge >= 0.3 is 0 Å². The molecule has 0 saturated carbocycles. The van der Waals surface area contributed by atoms with Crippen molar-refractivity contribution in [3.63, 3.8) is 0 Å². The highest BCUT2D eigenvalue weighted by Gasteiger charge is 2.10. The number of nitrogens with one attached hydrogen (secondary N) is 1. The van der Waals surface area contributed by atoms with E-state index in [0.717, 1.165) is 18.7 Å². The maximum absolute atomic E-state index is 14.0. The van der Waals surface area contributed by atoms with E-state index in [1.54, 1.807) is 29.1 Å². The van der Waals surface area contributed by atoms with Crippen molar-refractivity contribution >= 4 is 5.84 Å². The number of imidazole rings is 1. The van der Waals surface area contributed by atoms with E-state index >= 15 is 0 Å². The van der Waals surface area contributed by atoms with Crippen LogP contribution in [-0.4, -0.2) is 15.4 Å². The molecule has 2 rings (SSSR count). The lowest BCUT2D eigenvalue weighted by atomic mass is 10.1. The Hall–Kier alpha value is -2.17. The summed E-state index contributed by atoms with van der Waals surface area (Å²) >= 11 is 0. The number of rotatable bonds is 4. The molecule has 1 heterocycles. The van der Waals surface area contributed by atoms with Gasteiger partial charge in [-0.15, -0.1) is 0 Å². The Morgan fingerprint density at radius 1 is 1.50 bits per heavy atom. The lowest BCUT2D eigenvalue weighted by Crippen LogP contribution is -2.12. The van der Waals surface area contributed by atoms with Gasteiger partial charge in [0.05, 0.1) is 5.69 Å². The van der Waals surface area contributed by atoms with Gasteiger partial charge in [-0.1, -0.05) is 6.92 Å². The minimum Gasteiger partial charge on any atom is -0.384 e. The third-order valence-electron chi connectivity index (χ3n) is 2.71. The molecule has 1 aromatic heterocycles. The number of hydrogen-bond donors (Lipinski definition) is 2. The van der Waals surface area contributed by atoms with E-state index in [2.05, 4.69) is 4.98 Å². The Morgan fingerprint density at radius 2 is 2.28 bits per heavy atom. The number of hydrogen-bond acceptors (Lipinski definition) is 2. The van der Waals surface area contributed by atoms with Crippen LogP contribution in [0.1, 0.15) is 24.7 Å². The molecule has 1 aromatic carbocycles. The molecule has 0 saturated heterocycles. The van der Waals surface area contributed by atoms with Gasteiger partial charge in [-0.05, 0) is 24.6 Å². The maximum atomic E-state index is 14.0. The molecule has 0 atom stereocenters. The molecular weight excluding hydrogens is 231 g/mol. The van der Waals surface area contributed by atoms with Crippen LogP contribution in [0.4, 0.5) is 4.39 Å². The zero-order valence-corrected chi connectivity index (χ0v) is 10.2. The van der Waals surface area contributed by atoms with Crippen LogP contribution in [-0.2, 0) is 6.42 Å². The highest BCUT2D eigenvalue weighted by Crippen LogP contribution is 2.17. The normalized spacial score (nSPS) is 10.6. The minimum atomic E-state index is -0.405. The molecule has 0 aliphatic carbocycles. The molecule has 3 N–H and O–H groups in total. The van der Waals surface area contributed by atoms with Gasteiger partial charge in [-0.2, -0.15) is 0 Å². The second kappa shape index (κ2) is 5.00. The fourth-order valence-corrected chi connectivity index (χ4v) is 1.83. The molecule has 4 nitrogen and oxygen atoms in total. The van der Waals surface area contributed by atoms with E-state index in [4.69, 9.17) is 11.1 Å². The molecule has 0 aliphatic heterocycles. The first-order chi connectivity index (χ1) is 8.63. The number of nitrogen functional groups attached to an aromatic ring is 1. The predicted molar refractivity (Wildman–Crippen MR) is 68.5 cm³/mol. The molecule has 0 fully saturated rings. The SMILES string of the molecule is CCCc1nccn1-c1ccc(C(=N)N)cc1F. The van der Waals surface area contributed by atoms with Gasteiger partial charge < -0.3 is 10.3 Å². The van der Waals surface area contributed by atoms with Crippen molar-refractivity contribution in [1.29, 1.82) is 5.41 Å². The number of aromatic nitrogens is 2. The largest absolute Gasteiger partial charge is 0.384 e. The highest BCUT2D eigenvalue weighted by molar-refractivity contribution is 5.95. The zero-order chi connectivity index (χ0) is 13.1. The number of amidine groups is 1. The number of nitrogens with two attached hydrogens (primary N) is 1. The second-order valence-corrected chi connectivity index (χ2v) is 4.04. The monoisotopic (exact) mass is 246 g/mol. The summed E-state index contributed by atoms with van der Waals surface area (Å²) < 4.78 is 15.7. The average molecular weight is 246 g/mol. The summed E-state index contributed by atoms with van der Waals surface area (Å²) in [6.45, 7) is 2.05. The van der Waals surface area contributed by atoms with Crippen LogP contribution >= 0.6 is 0 Å². The van der Waals surface area contributed by atoms with E-state index in [9.17, 15) is 4.39 Å². The number of halogens is 1. The van der Waals surface area contributed by atoms with Gasteiger partial charge in [-0.25, -0.2) is 9.37 Å². The summed E-state index contributed by atoms with van der Waals surface area (Å²) in [5, 5.41) is 7.28. The summed E-state index contributed by atoms with van der Waals surface area (Å²) in [5.41, 5.74) is 6.14. The van der Waals surface area contributed by atoms with Crippen LogP contribution in [0.25, 0.3) is 5.69 Å².